The van der Waals surface area contributed by atoms with Gasteiger partial charge in [0.1, 0.15) is 0 Å². The largest absolute Gasteiger partial charge is 0.341 e. The van der Waals surface area contributed by atoms with Crippen molar-refractivity contribution < 1.29 is 4.79 Å². The van der Waals surface area contributed by atoms with Crippen LogP contribution in [0.5, 0.6) is 0 Å². The summed E-state index contributed by atoms with van der Waals surface area (Å²) in [4.78, 5) is 15.8. The summed E-state index contributed by atoms with van der Waals surface area (Å²) in [6.07, 6.45) is 1.12. The Labute approximate surface area is 80.7 Å². The molecule has 0 unspecified atom stereocenters. The van der Waals surface area contributed by atoms with Crippen LogP contribution in [0, 0.1) is 5.92 Å². The molecule has 0 aromatic rings. The topological polar surface area (TPSA) is 23.6 Å². The molecule has 76 valence electrons. The van der Waals surface area contributed by atoms with E-state index in [1.807, 2.05) is 25.8 Å². The number of carbonyl (C=O) groups is 1. The Hall–Kier alpha value is -0.570. The summed E-state index contributed by atoms with van der Waals surface area (Å²) in [5.74, 6) is 0.385. The second-order valence-electron chi connectivity index (χ2n) is 4.31. The van der Waals surface area contributed by atoms with Gasteiger partial charge < -0.3 is 9.80 Å². The molecule has 3 nitrogen and oxygen atoms in total. The summed E-state index contributed by atoms with van der Waals surface area (Å²) in [5, 5.41) is 0. The lowest BCUT2D eigenvalue weighted by Crippen LogP contribution is -2.40. The second kappa shape index (κ2) is 4.09. The van der Waals surface area contributed by atoms with E-state index in [0.717, 1.165) is 19.5 Å². The van der Waals surface area contributed by atoms with Crippen molar-refractivity contribution in [3.05, 3.63) is 0 Å². The average molecular weight is 184 g/mol. The van der Waals surface area contributed by atoms with Crippen LogP contribution >= 0.6 is 0 Å². The molecule has 0 spiro atoms. The second-order valence-corrected chi connectivity index (χ2v) is 4.31. The number of hydrogen-bond donors (Lipinski definition) is 0. The minimum atomic E-state index is 0.121. The Balaban J connectivity index is 2.48. The quantitative estimate of drug-likeness (QED) is 0.634. The summed E-state index contributed by atoms with van der Waals surface area (Å²) in [6.45, 7) is 6.05. The van der Waals surface area contributed by atoms with E-state index in [2.05, 4.69) is 11.9 Å². The van der Waals surface area contributed by atoms with Gasteiger partial charge in [0.2, 0.25) is 5.91 Å². The minimum absolute atomic E-state index is 0.121. The van der Waals surface area contributed by atoms with E-state index in [1.54, 1.807) is 0 Å². The van der Waals surface area contributed by atoms with E-state index in [4.69, 9.17) is 0 Å². The molecule has 3 heteroatoms. The Bertz CT molecular complexity index is 191. The monoisotopic (exact) mass is 184 g/mol. The molecule has 1 rings (SSSR count). The maximum absolute atomic E-state index is 11.6. The molecule has 1 heterocycles. The smallest absolute Gasteiger partial charge is 0.225 e. The van der Waals surface area contributed by atoms with E-state index in [1.165, 1.54) is 0 Å². The molecule has 0 aliphatic carbocycles. The predicted octanol–water partition coefficient (Wildman–Crippen LogP) is 0.805. The van der Waals surface area contributed by atoms with Crippen molar-refractivity contribution in [1.29, 1.82) is 0 Å². The third-order valence-corrected chi connectivity index (χ3v) is 2.76. The highest BCUT2D eigenvalue weighted by Crippen LogP contribution is 2.14. The summed E-state index contributed by atoms with van der Waals surface area (Å²) in [6, 6.07) is 0.430. The van der Waals surface area contributed by atoms with Crippen LogP contribution in [0.25, 0.3) is 0 Å². The normalized spacial score (nSPS) is 23.9. The zero-order valence-corrected chi connectivity index (χ0v) is 9.08. The van der Waals surface area contributed by atoms with Crippen molar-refractivity contribution in [3.63, 3.8) is 0 Å². The van der Waals surface area contributed by atoms with Gasteiger partial charge in [-0.25, -0.2) is 0 Å². The highest BCUT2D eigenvalue weighted by Gasteiger charge is 2.27. The third-order valence-electron chi connectivity index (χ3n) is 2.76. The number of likely N-dealkylation sites (tertiary alicyclic amines) is 1. The maximum atomic E-state index is 11.6. The van der Waals surface area contributed by atoms with E-state index in [-0.39, 0.29) is 11.8 Å². The fourth-order valence-corrected chi connectivity index (χ4v) is 1.82. The van der Waals surface area contributed by atoms with Gasteiger partial charge in [-0.3, -0.25) is 4.79 Å². The van der Waals surface area contributed by atoms with E-state index in [0.29, 0.717) is 6.04 Å². The molecule has 0 aromatic carbocycles. The standard InChI is InChI=1S/C10H20N2O/c1-8(2)10(13)12(4)9-5-6-11(3)7-9/h8-9H,5-7H2,1-4H3/t9-/m1/s1. The molecular formula is C10H20N2O. The Kier molecular flexibility index (Phi) is 3.31. The molecule has 1 aliphatic heterocycles. The first kappa shape index (κ1) is 10.5. The number of amides is 1. The number of rotatable bonds is 2. The Morgan fingerprint density at radius 3 is 2.54 bits per heavy atom. The van der Waals surface area contributed by atoms with Crippen molar-refractivity contribution in [2.75, 3.05) is 27.2 Å². The van der Waals surface area contributed by atoms with E-state index < -0.39 is 0 Å². The summed E-state index contributed by atoms with van der Waals surface area (Å²) < 4.78 is 0. The van der Waals surface area contributed by atoms with Gasteiger partial charge >= 0.3 is 0 Å². The van der Waals surface area contributed by atoms with Gasteiger partial charge in [-0.1, -0.05) is 13.8 Å². The van der Waals surface area contributed by atoms with Crippen molar-refractivity contribution >= 4 is 5.91 Å². The molecule has 1 saturated heterocycles. The van der Waals surface area contributed by atoms with Crippen molar-refractivity contribution in [2.45, 2.75) is 26.3 Å². The lowest BCUT2D eigenvalue weighted by atomic mass is 10.1. The van der Waals surface area contributed by atoms with Crippen LogP contribution in [-0.2, 0) is 4.79 Å². The van der Waals surface area contributed by atoms with Crippen LogP contribution < -0.4 is 0 Å². The molecule has 1 aliphatic rings. The Morgan fingerprint density at radius 1 is 1.54 bits per heavy atom. The predicted molar refractivity (Wildman–Crippen MR) is 53.5 cm³/mol. The average Bonchev–Trinajstić information content (AvgIpc) is 2.49. The summed E-state index contributed by atoms with van der Waals surface area (Å²) in [7, 11) is 4.03. The van der Waals surface area contributed by atoms with Gasteiger partial charge in [-0.15, -0.1) is 0 Å². The molecule has 1 amide bonds. The van der Waals surface area contributed by atoms with Gasteiger partial charge in [0.05, 0.1) is 0 Å². The molecule has 1 atom stereocenters. The van der Waals surface area contributed by atoms with Crippen LogP contribution in [0.4, 0.5) is 0 Å². The highest BCUT2D eigenvalue weighted by molar-refractivity contribution is 5.78. The van der Waals surface area contributed by atoms with Crippen molar-refractivity contribution in [2.24, 2.45) is 5.92 Å². The first-order valence-electron chi connectivity index (χ1n) is 4.97. The van der Waals surface area contributed by atoms with Gasteiger partial charge in [-0.05, 0) is 20.0 Å². The van der Waals surface area contributed by atoms with Gasteiger partial charge in [0, 0.05) is 25.6 Å². The Morgan fingerprint density at radius 2 is 2.15 bits per heavy atom. The van der Waals surface area contributed by atoms with Crippen LogP contribution in [0.3, 0.4) is 0 Å². The molecule has 0 saturated carbocycles. The van der Waals surface area contributed by atoms with E-state index >= 15 is 0 Å². The van der Waals surface area contributed by atoms with E-state index in [9.17, 15) is 4.79 Å². The minimum Gasteiger partial charge on any atom is -0.341 e. The lowest BCUT2D eigenvalue weighted by Gasteiger charge is -2.26. The molecular weight excluding hydrogens is 164 g/mol. The van der Waals surface area contributed by atoms with Crippen LogP contribution in [-0.4, -0.2) is 48.9 Å². The molecule has 13 heavy (non-hydrogen) atoms. The fourth-order valence-electron chi connectivity index (χ4n) is 1.82. The molecule has 0 bridgehead atoms. The molecule has 0 N–H and O–H groups in total. The fraction of sp³-hybridized carbons (Fsp3) is 0.900. The number of hydrogen-bond acceptors (Lipinski definition) is 2. The van der Waals surface area contributed by atoms with Gasteiger partial charge in [0.15, 0.2) is 0 Å². The van der Waals surface area contributed by atoms with Gasteiger partial charge in [0.25, 0.3) is 0 Å². The molecule has 1 fully saturated rings. The third kappa shape index (κ3) is 2.44. The summed E-state index contributed by atoms with van der Waals surface area (Å²) >= 11 is 0. The number of nitrogens with zero attached hydrogens (tertiary/aromatic N) is 2. The van der Waals surface area contributed by atoms with Gasteiger partial charge in [-0.2, -0.15) is 0 Å². The van der Waals surface area contributed by atoms with Crippen molar-refractivity contribution in [1.82, 2.24) is 9.80 Å². The molecule has 0 radical (unpaired) electrons. The lowest BCUT2D eigenvalue weighted by molar-refractivity contribution is -0.134. The van der Waals surface area contributed by atoms with Crippen LogP contribution in [0.1, 0.15) is 20.3 Å². The zero-order valence-electron chi connectivity index (χ0n) is 9.08. The maximum Gasteiger partial charge on any atom is 0.225 e. The summed E-state index contributed by atoms with van der Waals surface area (Å²) in [5.41, 5.74) is 0. The highest BCUT2D eigenvalue weighted by atomic mass is 16.2. The first-order valence-corrected chi connectivity index (χ1v) is 4.97. The SMILES string of the molecule is CC(C)C(=O)N(C)[C@@H]1CCN(C)C1. The zero-order chi connectivity index (χ0) is 10.0. The molecule has 0 aromatic heterocycles. The first-order chi connectivity index (χ1) is 6.02. The number of carbonyl (C=O) groups excluding carboxylic acids is 1. The van der Waals surface area contributed by atoms with Crippen LogP contribution in [0.2, 0.25) is 0 Å². The van der Waals surface area contributed by atoms with Crippen molar-refractivity contribution in [3.8, 4) is 0 Å². The van der Waals surface area contributed by atoms with Crippen LogP contribution in [0.15, 0.2) is 0 Å². The number of likely N-dealkylation sites (N-methyl/N-ethyl adjacent to an activating group) is 2.